The summed E-state index contributed by atoms with van der Waals surface area (Å²) in [7, 11) is 0. The summed E-state index contributed by atoms with van der Waals surface area (Å²) in [4.78, 5) is 11.1. The number of ketones is 1. The molecule has 3 nitrogen and oxygen atoms in total. The van der Waals surface area contributed by atoms with Gasteiger partial charge >= 0.3 is 0 Å². The van der Waals surface area contributed by atoms with Gasteiger partial charge in [-0.3, -0.25) is 4.79 Å². The van der Waals surface area contributed by atoms with E-state index in [1.165, 1.54) is 0 Å². The van der Waals surface area contributed by atoms with Gasteiger partial charge in [-0.25, -0.2) is 0 Å². The highest BCUT2D eigenvalue weighted by Gasteiger charge is 2.12. The Balaban J connectivity index is 2.93. The summed E-state index contributed by atoms with van der Waals surface area (Å²) < 4.78 is 0. The number of rotatable bonds is 4. The quantitative estimate of drug-likeness (QED) is 0.700. The number of allylic oxidation sites excluding steroid dienone is 4. The fourth-order valence-corrected chi connectivity index (χ4v) is 1.84. The van der Waals surface area contributed by atoms with Gasteiger partial charge in [0.2, 0.25) is 0 Å². The molecule has 0 saturated heterocycles. The Kier molecular flexibility index (Phi) is 4.35. The first-order chi connectivity index (χ1) is 7.49. The molecule has 0 aromatic heterocycles. The van der Waals surface area contributed by atoms with Crippen LogP contribution in [0.5, 0.6) is 0 Å². The van der Waals surface area contributed by atoms with E-state index < -0.39 is 0 Å². The van der Waals surface area contributed by atoms with E-state index in [-0.39, 0.29) is 5.78 Å². The summed E-state index contributed by atoms with van der Waals surface area (Å²) >= 11 is 0. The zero-order valence-corrected chi connectivity index (χ0v) is 9.89. The number of carbonyl (C=O) groups excluding carboxylic acids is 1. The van der Waals surface area contributed by atoms with Gasteiger partial charge in [0, 0.05) is 30.7 Å². The first-order valence-electron chi connectivity index (χ1n) is 5.49. The summed E-state index contributed by atoms with van der Waals surface area (Å²) in [5.41, 5.74) is 3.46. The lowest BCUT2D eigenvalue weighted by atomic mass is 9.91. The van der Waals surface area contributed by atoms with Gasteiger partial charge < -0.3 is 10.8 Å². The summed E-state index contributed by atoms with van der Waals surface area (Å²) in [6.45, 7) is 3.55. The normalized spacial score (nSPS) is 15.1. The molecule has 0 spiro atoms. The third-order valence-corrected chi connectivity index (χ3v) is 2.52. The maximum Gasteiger partial charge on any atom is 0.156 e. The zero-order valence-electron chi connectivity index (χ0n) is 9.89. The van der Waals surface area contributed by atoms with Crippen molar-refractivity contribution in [3.8, 4) is 0 Å². The lowest BCUT2D eigenvalue weighted by Crippen LogP contribution is -2.06. The number of carbonyl (C=O) groups is 1. The van der Waals surface area contributed by atoms with Gasteiger partial charge in [0.25, 0.3) is 0 Å². The SMILES string of the molecule is CC(=N)CC(CC(C)=N)=C1C=CC(=O)CC1. The minimum Gasteiger partial charge on any atom is -0.310 e. The molecule has 0 amide bonds. The fraction of sp³-hybridized carbons (Fsp3) is 0.462. The van der Waals surface area contributed by atoms with Crippen LogP contribution in [0.15, 0.2) is 23.3 Å². The topological polar surface area (TPSA) is 64.8 Å². The summed E-state index contributed by atoms with van der Waals surface area (Å²) in [6.07, 6.45) is 6.01. The molecule has 0 bridgehead atoms. The van der Waals surface area contributed by atoms with E-state index in [4.69, 9.17) is 10.8 Å². The molecule has 0 heterocycles. The van der Waals surface area contributed by atoms with Crippen LogP contribution in [0.4, 0.5) is 0 Å². The van der Waals surface area contributed by atoms with E-state index in [9.17, 15) is 4.79 Å². The van der Waals surface area contributed by atoms with Crippen molar-refractivity contribution in [2.45, 2.75) is 39.5 Å². The van der Waals surface area contributed by atoms with Crippen LogP contribution >= 0.6 is 0 Å². The molecule has 0 atom stereocenters. The van der Waals surface area contributed by atoms with Gasteiger partial charge in [0.1, 0.15) is 0 Å². The summed E-state index contributed by atoms with van der Waals surface area (Å²) in [6, 6.07) is 0. The minimum atomic E-state index is 0.168. The average molecular weight is 218 g/mol. The van der Waals surface area contributed by atoms with Crippen LogP contribution in [-0.2, 0) is 4.79 Å². The van der Waals surface area contributed by atoms with E-state index in [0.717, 1.165) is 17.6 Å². The molecule has 0 aliphatic heterocycles. The average Bonchev–Trinajstić information content (AvgIpc) is 2.16. The molecule has 2 N–H and O–H groups in total. The monoisotopic (exact) mass is 218 g/mol. The number of hydrogen-bond acceptors (Lipinski definition) is 3. The third-order valence-electron chi connectivity index (χ3n) is 2.52. The molecule has 1 aliphatic rings. The van der Waals surface area contributed by atoms with Crippen LogP contribution in [0.2, 0.25) is 0 Å². The van der Waals surface area contributed by atoms with Crippen LogP contribution < -0.4 is 0 Å². The summed E-state index contributed by atoms with van der Waals surface area (Å²) in [5, 5.41) is 15.1. The Bertz CT molecular complexity index is 371. The lowest BCUT2D eigenvalue weighted by Gasteiger charge is -2.14. The van der Waals surface area contributed by atoms with Crippen molar-refractivity contribution in [3.05, 3.63) is 23.3 Å². The van der Waals surface area contributed by atoms with E-state index in [0.29, 0.717) is 30.7 Å². The standard InChI is InChI=1S/C13H18N2O/c1-9(14)7-12(8-10(2)15)11-3-5-13(16)6-4-11/h3,5,14-15H,4,6-8H2,1-2H3. The molecule has 86 valence electrons. The highest BCUT2D eigenvalue weighted by Crippen LogP contribution is 2.23. The summed E-state index contributed by atoms with van der Waals surface area (Å²) in [5.74, 6) is 0.168. The van der Waals surface area contributed by atoms with Gasteiger partial charge in [0.15, 0.2) is 5.78 Å². The highest BCUT2D eigenvalue weighted by molar-refractivity contribution is 5.92. The van der Waals surface area contributed by atoms with E-state index in [1.807, 2.05) is 6.08 Å². The Labute approximate surface area is 96.3 Å². The van der Waals surface area contributed by atoms with Gasteiger partial charge in [-0.15, -0.1) is 0 Å². The fourth-order valence-electron chi connectivity index (χ4n) is 1.84. The largest absolute Gasteiger partial charge is 0.310 e. The second-order valence-corrected chi connectivity index (χ2v) is 4.34. The van der Waals surface area contributed by atoms with Crippen LogP contribution in [0, 0.1) is 10.8 Å². The Hall–Kier alpha value is -1.51. The smallest absolute Gasteiger partial charge is 0.156 e. The van der Waals surface area contributed by atoms with Crippen molar-refractivity contribution >= 4 is 17.2 Å². The molecule has 0 saturated carbocycles. The van der Waals surface area contributed by atoms with Gasteiger partial charge in [-0.1, -0.05) is 11.6 Å². The molecule has 0 radical (unpaired) electrons. The van der Waals surface area contributed by atoms with Crippen molar-refractivity contribution in [1.82, 2.24) is 0 Å². The predicted octanol–water partition coefficient (Wildman–Crippen LogP) is 3.06. The van der Waals surface area contributed by atoms with Crippen LogP contribution in [-0.4, -0.2) is 17.2 Å². The molecule has 1 aliphatic carbocycles. The van der Waals surface area contributed by atoms with Crippen molar-refractivity contribution in [2.75, 3.05) is 0 Å². The van der Waals surface area contributed by atoms with E-state index in [1.54, 1.807) is 19.9 Å². The molecule has 1 rings (SSSR count). The maximum atomic E-state index is 11.1. The van der Waals surface area contributed by atoms with Crippen LogP contribution in [0.3, 0.4) is 0 Å². The van der Waals surface area contributed by atoms with E-state index >= 15 is 0 Å². The molecular formula is C13H18N2O. The zero-order chi connectivity index (χ0) is 12.1. The number of nitrogens with one attached hydrogen (secondary N) is 2. The molecule has 16 heavy (non-hydrogen) atoms. The molecule has 0 aromatic rings. The second-order valence-electron chi connectivity index (χ2n) is 4.34. The first kappa shape index (κ1) is 12.6. The second kappa shape index (κ2) is 5.54. The Morgan fingerprint density at radius 2 is 1.69 bits per heavy atom. The van der Waals surface area contributed by atoms with Gasteiger partial charge in [0.05, 0.1) is 0 Å². The van der Waals surface area contributed by atoms with Crippen LogP contribution in [0.25, 0.3) is 0 Å². The minimum absolute atomic E-state index is 0.168. The first-order valence-corrected chi connectivity index (χ1v) is 5.49. The van der Waals surface area contributed by atoms with Crippen LogP contribution in [0.1, 0.15) is 39.5 Å². The maximum absolute atomic E-state index is 11.1. The molecule has 3 heteroatoms. The van der Waals surface area contributed by atoms with Crippen molar-refractivity contribution in [1.29, 1.82) is 10.8 Å². The van der Waals surface area contributed by atoms with E-state index in [2.05, 4.69) is 0 Å². The molecular weight excluding hydrogens is 200 g/mol. The lowest BCUT2D eigenvalue weighted by molar-refractivity contribution is -0.114. The van der Waals surface area contributed by atoms with Crippen molar-refractivity contribution in [3.63, 3.8) is 0 Å². The Morgan fingerprint density at radius 1 is 1.12 bits per heavy atom. The highest BCUT2D eigenvalue weighted by atomic mass is 16.1. The number of hydrogen-bond donors (Lipinski definition) is 2. The van der Waals surface area contributed by atoms with Gasteiger partial charge in [-0.05, 0) is 31.9 Å². The molecule has 0 fully saturated rings. The van der Waals surface area contributed by atoms with Crippen molar-refractivity contribution < 1.29 is 4.79 Å². The van der Waals surface area contributed by atoms with Crippen molar-refractivity contribution in [2.24, 2.45) is 0 Å². The molecule has 0 aromatic carbocycles. The Morgan fingerprint density at radius 3 is 2.06 bits per heavy atom. The predicted molar refractivity (Wildman–Crippen MR) is 66.4 cm³/mol. The third kappa shape index (κ3) is 3.93. The molecule has 0 unspecified atom stereocenters. The van der Waals surface area contributed by atoms with Gasteiger partial charge in [-0.2, -0.15) is 0 Å².